The number of aliphatic hydroxyl groups is 1. The van der Waals surface area contributed by atoms with Crippen molar-refractivity contribution in [2.24, 2.45) is 0 Å². The molecule has 0 saturated heterocycles. The summed E-state index contributed by atoms with van der Waals surface area (Å²) in [4.78, 5) is 38.2. The number of phenolic OH excluding ortho intramolecular Hbond substituents is 2. The number of aromatic hydroxyl groups is 2. The van der Waals surface area contributed by atoms with Crippen molar-refractivity contribution in [3.8, 4) is 11.5 Å². The molecule has 0 bridgehead atoms. The fraction of sp³-hybridized carbons (Fsp3) is 0.214. The highest BCUT2D eigenvalue weighted by Gasteiger charge is 2.19. The lowest BCUT2D eigenvalue weighted by molar-refractivity contribution is -0.155. The predicted octanol–water partition coefficient (Wildman–Crippen LogP) is -0.818. The molecule has 0 aliphatic carbocycles. The monoisotopic (exact) mass is 324 g/mol. The molecule has 23 heavy (non-hydrogen) atoms. The number of carbonyl (C=O) groups excluding carboxylic acids is 3. The first-order valence-electron chi connectivity index (χ1n) is 6.42. The van der Waals surface area contributed by atoms with E-state index in [0.29, 0.717) is 5.56 Å². The lowest BCUT2D eigenvalue weighted by atomic mass is 10.2. The third-order valence-corrected chi connectivity index (χ3v) is 2.54. The van der Waals surface area contributed by atoms with Gasteiger partial charge in [-0.1, -0.05) is 6.07 Å². The Morgan fingerprint density at radius 2 is 1.96 bits per heavy atom. The molecule has 0 aliphatic heterocycles. The molecule has 9 heteroatoms. The molecule has 124 valence electrons. The Morgan fingerprint density at radius 3 is 2.52 bits per heavy atom. The van der Waals surface area contributed by atoms with Crippen LogP contribution in [0.25, 0.3) is 6.08 Å². The maximum atomic E-state index is 11.5. The van der Waals surface area contributed by atoms with Crippen LogP contribution in [0.4, 0.5) is 0 Å². The SMILES string of the molecule is CC(=O)N[C@@H](CO)C(=O)NOC(=O)/C=C/c1ccc(O)c(O)c1. The number of phenols is 2. The van der Waals surface area contributed by atoms with Crippen LogP contribution in [0.5, 0.6) is 11.5 Å². The first kappa shape index (κ1) is 18.0. The summed E-state index contributed by atoms with van der Waals surface area (Å²) in [7, 11) is 0. The van der Waals surface area contributed by atoms with Gasteiger partial charge in [0.25, 0.3) is 5.91 Å². The Balaban J connectivity index is 2.52. The summed E-state index contributed by atoms with van der Waals surface area (Å²) in [5.41, 5.74) is 2.20. The van der Waals surface area contributed by atoms with Gasteiger partial charge in [-0.25, -0.2) is 4.79 Å². The van der Waals surface area contributed by atoms with Gasteiger partial charge in [0.1, 0.15) is 6.04 Å². The summed E-state index contributed by atoms with van der Waals surface area (Å²) >= 11 is 0. The molecule has 0 radical (unpaired) electrons. The first-order valence-corrected chi connectivity index (χ1v) is 6.42. The molecule has 0 aliphatic rings. The van der Waals surface area contributed by atoms with Gasteiger partial charge in [0.05, 0.1) is 6.61 Å². The van der Waals surface area contributed by atoms with Crippen molar-refractivity contribution >= 4 is 23.9 Å². The Kier molecular flexibility index (Phi) is 6.56. The molecular formula is C14H16N2O7. The zero-order valence-electron chi connectivity index (χ0n) is 12.1. The molecule has 5 N–H and O–H groups in total. The Labute approximate surface area is 131 Å². The average molecular weight is 324 g/mol. The highest BCUT2D eigenvalue weighted by atomic mass is 16.7. The number of nitrogens with one attached hydrogen (secondary N) is 2. The topological polar surface area (TPSA) is 145 Å². The van der Waals surface area contributed by atoms with Gasteiger partial charge in [-0.05, 0) is 23.8 Å². The molecule has 1 atom stereocenters. The molecule has 9 nitrogen and oxygen atoms in total. The quantitative estimate of drug-likeness (QED) is 0.270. The van der Waals surface area contributed by atoms with Crippen molar-refractivity contribution in [2.75, 3.05) is 6.61 Å². The second-order valence-electron chi connectivity index (χ2n) is 4.40. The van der Waals surface area contributed by atoms with Gasteiger partial charge >= 0.3 is 5.97 Å². The minimum absolute atomic E-state index is 0.301. The number of benzene rings is 1. The Hall–Kier alpha value is -3.07. The third kappa shape index (κ3) is 6.06. The smallest absolute Gasteiger partial charge is 0.355 e. The number of amides is 2. The standard InChI is InChI=1S/C14H16N2O7/c1-8(18)15-10(7-17)14(22)16-23-13(21)5-3-9-2-4-11(19)12(20)6-9/h2-6,10,17,19-20H,7H2,1H3,(H,15,18)(H,16,22)/b5-3+/t10-/m0/s1. The molecule has 0 saturated carbocycles. The van der Waals surface area contributed by atoms with Gasteiger partial charge in [0, 0.05) is 13.0 Å². The summed E-state index contributed by atoms with van der Waals surface area (Å²) in [6, 6.07) is 2.66. The van der Waals surface area contributed by atoms with Crippen molar-refractivity contribution in [1.82, 2.24) is 10.8 Å². The first-order chi connectivity index (χ1) is 10.8. The highest BCUT2D eigenvalue weighted by molar-refractivity contribution is 5.90. The number of hydrogen-bond acceptors (Lipinski definition) is 7. The van der Waals surface area contributed by atoms with Crippen molar-refractivity contribution in [2.45, 2.75) is 13.0 Å². The van der Waals surface area contributed by atoms with E-state index in [-0.39, 0.29) is 11.5 Å². The fourth-order valence-corrected chi connectivity index (χ4v) is 1.45. The zero-order chi connectivity index (χ0) is 17.4. The van der Waals surface area contributed by atoms with E-state index in [9.17, 15) is 19.5 Å². The van der Waals surface area contributed by atoms with Crippen molar-refractivity contribution in [3.05, 3.63) is 29.8 Å². The van der Waals surface area contributed by atoms with Crippen LogP contribution in [0.15, 0.2) is 24.3 Å². The van der Waals surface area contributed by atoms with Crippen LogP contribution in [0.1, 0.15) is 12.5 Å². The maximum absolute atomic E-state index is 11.5. The second kappa shape index (κ2) is 8.39. The van der Waals surface area contributed by atoms with E-state index in [2.05, 4.69) is 10.2 Å². The van der Waals surface area contributed by atoms with Crippen molar-refractivity contribution in [1.29, 1.82) is 0 Å². The maximum Gasteiger partial charge on any atom is 0.355 e. The Morgan fingerprint density at radius 1 is 1.26 bits per heavy atom. The molecule has 2 amide bonds. The predicted molar refractivity (Wildman–Crippen MR) is 77.7 cm³/mol. The highest BCUT2D eigenvalue weighted by Crippen LogP contribution is 2.25. The molecule has 0 heterocycles. The van der Waals surface area contributed by atoms with Crippen LogP contribution in [0.2, 0.25) is 0 Å². The minimum Gasteiger partial charge on any atom is -0.504 e. The number of rotatable bonds is 5. The van der Waals surface area contributed by atoms with E-state index in [0.717, 1.165) is 13.0 Å². The van der Waals surface area contributed by atoms with Gasteiger partial charge in [0.2, 0.25) is 5.91 Å². The van der Waals surface area contributed by atoms with Crippen LogP contribution in [-0.4, -0.2) is 45.8 Å². The molecular weight excluding hydrogens is 308 g/mol. The second-order valence-corrected chi connectivity index (χ2v) is 4.40. The number of carbonyl (C=O) groups is 3. The normalized spacial score (nSPS) is 11.7. The van der Waals surface area contributed by atoms with E-state index >= 15 is 0 Å². The number of aliphatic hydroxyl groups excluding tert-OH is 1. The molecule has 0 unspecified atom stereocenters. The molecule has 0 spiro atoms. The van der Waals surface area contributed by atoms with E-state index < -0.39 is 30.4 Å². The van der Waals surface area contributed by atoms with E-state index in [1.54, 1.807) is 5.48 Å². The van der Waals surface area contributed by atoms with Crippen LogP contribution >= 0.6 is 0 Å². The number of hydrogen-bond donors (Lipinski definition) is 5. The third-order valence-electron chi connectivity index (χ3n) is 2.54. The molecule has 1 aromatic carbocycles. The lowest BCUT2D eigenvalue weighted by Crippen LogP contribution is -2.48. The van der Waals surface area contributed by atoms with Gasteiger partial charge < -0.3 is 25.5 Å². The van der Waals surface area contributed by atoms with Gasteiger partial charge in [-0.15, -0.1) is 0 Å². The summed E-state index contributed by atoms with van der Waals surface area (Å²) < 4.78 is 0. The largest absolute Gasteiger partial charge is 0.504 e. The molecule has 0 aromatic heterocycles. The summed E-state index contributed by atoms with van der Waals surface area (Å²) in [5.74, 6) is -3.00. The molecule has 1 rings (SSSR count). The van der Waals surface area contributed by atoms with E-state index in [1.165, 1.54) is 24.3 Å². The van der Waals surface area contributed by atoms with Crippen LogP contribution < -0.4 is 10.8 Å². The average Bonchev–Trinajstić information content (AvgIpc) is 2.51. The summed E-state index contributed by atoms with van der Waals surface area (Å²) in [6.45, 7) is 0.503. The van der Waals surface area contributed by atoms with Gasteiger partial charge in [-0.3, -0.25) is 9.59 Å². The van der Waals surface area contributed by atoms with Crippen LogP contribution in [0.3, 0.4) is 0 Å². The van der Waals surface area contributed by atoms with Crippen LogP contribution in [-0.2, 0) is 19.2 Å². The number of hydroxylamine groups is 1. The van der Waals surface area contributed by atoms with Crippen LogP contribution in [0, 0.1) is 0 Å². The van der Waals surface area contributed by atoms with E-state index in [1.807, 2.05) is 0 Å². The van der Waals surface area contributed by atoms with Crippen molar-refractivity contribution < 1.29 is 34.5 Å². The Bertz CT molecular complexity index is 628. The fourth-order valence-electron chi connectivity index (χ4n) is 1.45. The molecule has 1 aromatic rings. The van der Waals surface area contributed by atoms with E-state index in [4.69, 9.17) is 10.2 Å². The zero-order valence-corrected chi connectivity index (χ0v) is 12.1. The van der Waals surface area contributed by atoms with Gasteiger partial charge in [-0.2, -0.15) is 5.48 Å². The summed E-state index contributed by atoms with van der Waals surface area (Å²) in [5, 5.41) is 29.5. The van der Waals surface area contributed by atoms with Gasteiger partial charge in [0.15, 0.2) is 11.5 Å². The summed E-state index contributed by atoms with van der Waals surface area (Å²) in [6.07, 6.45) is 2.25. The lowest BCUT2D eigenvalue weighted by Gasteiger charge is -2.13. The molecule has 0 fully saturated rings. The van der Waals surface area contributed by atoms with Crippen molar-refractivity contribution in [3.63, 3.8) is 0 Å². The minimum atomic E-state index is -1.24.